The Balaban J connectivity index is 1.60. The molecule has 0 saturated carbocycles. The second kappa shape index (κ2) is 7.41. The van der Waals surface area contributed by atoms with Crippen LogP contribution in [-0.2, 0) is 16.8 Å². The van der Waals surface area contributed by atoms with Gasteiger partial charge in [0.05, 0.1) is 10.3 Å². The van der Waals surface area contributed by atoms with Crippen LogP contribution in [0.4, 0.5) is 11.4 Å². The maximum Gasteiger partial charge on any atom is 0.269 e. The monoisotopic (exact) mass is 517 g/mol. The number of nitro benzene ring substituents is 1. The fourth-order valence-corrected chi connectivity index (χ4v) is 8.82. The summed E-state index contributed by atoms with van der Waals surface area (Å²) < 4.78 is 0. The highest BCUT2D eigenvalue weighted by Gasteiger charge is 2.79. The largest absolute Gasteiger partial charge is 0.324 e. The molecule has 3 aliphatic heterocycles. The van der Waals surface area contributed by atoms with Gasteiger partial charge in [-0.2, -0.15) is 0 Å². The minimum absolute atomic E-state index is 0.100. The van der Waals surface area contributed by atoms with Crippen LogP contribution in [0.25, 0.3) is 0 Å². The fourth-order valence-electron chi connectivity index (χ4n) is 7.27. The lowest BCUT2D eigenvalue weighted by Crippen LogP contribution is -2.58. The van der Waals surface area contributed by atoms with Crippen molar-refractivity contribution in [3.63, 3.8) is 0 Å². The number of benzene rings is 3. The lowest BCUT2D eigenvalue weighted by Gasteiger charge is -2.44. The standard InChI is InChI=1S/C27H20ClN3O4S/c28-20-8-4-3-7-18(20)23-22-13-36-14-30(22)27(26(23)12-15-5-1-2-6-17(15)24(26)32)19-11-16(31(34)35)9-10-21(19)29-25(27)33/h1-11,22-23H,12-14H2,(H,29,33)/t22-,23-,26-,27-/m0/s1. The number of carbonyl (C=O) groups is 2. The molecule has 1 N–H and O–H groups in total. The van der Waals surface area contributed by atoms with Gasteiger partial charge in [-0.1, -0.05) is 54.1 Å². The molecular formula is C27H20ClN3O4S. The van der Waals surface area contributed by atoms with Crippen LogP contribution in [0.3, 0.4) is 0 Å². The number of non-ortho nitro benzene ring substituents is 1. The number of ketones is 1. The summed E-state index contributed by atoms with van der Waals surface area (Å²) in [6.45, 7) is 0. The molecule has 0 aromatic heterocycles. The number of thioether (sulfide) groups is 1. The molecular weight excluding hydrogens is 498 g/mol. The van der Waals surface area contributed by atoms with Crippen molar-refractivity contribution in [1.29, 1.82) is 0 Å². The molecule has 4 aliphatic rings. The Morgan fingerprint density at radius 1 is 1.08 bits per heavy atom. The van der Waals surface area contributed by atoms with Gasteiger partial charge < -0.3 is 5.32 Å². The molecule has 7 nitrogen and oxygen atoms in total. The molecule has 2 spiro atoms. The molecule has 36 heavy (non-hydrogen) atoms. The third-order valence-corrected chi connectivity index (χ3v) is 9.85. The summed E-state index contributed by atoms with van der Waals surface area (Å²) in [6.07, 6.45) is 0.352. The van der Waals surface area contributed by atoms with Gasteiger partial charge in [0, 0.05) is 57.6 Å². The van der Waals surface area contributed by atoms with Gasteiger partial charge in [-0.05, 0) is 29.7 Å². The zero-order chi connectivity index (χ0) is 24.8. The average molecular weight is 518 g/mol. The molecule has 3 aromatic carbocycles. The van der Waals surface area contributed by atoms with Crippen molar-refractivity contribution in [2.45, 2.75) is 23.9 Å². The Hall–Kier alpha value is -3.20. The molecule has 1 aliphatic carbocycles. The van der Waals surface area contributed by atoms with Crippen molar-refractivity contribution in [2.75, 3.05) is 16.9 Å². The average Bonchev–Trinajstić information content (AvgIpc) is 3.58. The molecule has 9 heteroatoms. The number of fused-ring (bicyclic) bond motifs is 6. The molecule has 3 heterocycles. The zero-order valence-corrected chi connectivity index (χ0v) is 20.5. The number of amides is 1. The molecule has 0 unspecified atom stereocenters. The third kappa shape index (κ3) is 2.44. The molecule has 2 fully saturated rings. The summed E-state index contributed by atoms with van der Waals surface area (Å²) in [5.41, 5.74) is 0.636. The Bertz CT molecular complexity index is 1510. The maximum absolute atomic E-state index is 14.7. The quantitative estimate of drug-likeness (QED) is 0.380. The highest BCUT2D eigenvalue weighted by atomic mass is 35.5. The van der Waals surface area contributed by atoms with E-state index in [9.17, 15) is 19.7 Å². The summed E-state index contributed by atoms with van der Waals surface area (Å²) in [7, 11) is 0. The van der Waals surface area contributed by atoms with E-state index < -0.39 is 15.9 Å². The Morgan fingerprint density at radius 3 is 2.64 bits per heavy atom. The number of hydrogen-bond donors (Lipinski definition) is 1. The zero-order valence-electron chi connectivity index (χ0n) is 18.9. The van der Waals surface area contributed by atoms with E-state index in [4.69, 9.17) is 11.6 Å². The molecule has 0 bridgehead atoms. The predicted molar refractivity (Wildman–Crippen MR) is 137 cm³/mol. The normalized spacial score (nSPS) is 30.0. The number of anilines is 1. The smallest absolute Gasteiger partial charge is 0.269 e. The minimum Gasteiger partial charge on any atom is -0.324 e. The third-order valence-electron chi connectivity index (χ3n) is 8.47. The van der Waals surface area contributed by atoms with Gasteiger partial charge >= 0.3 is 0 Å². The van der Waals surface area contributed by atoms with Crippen LogP contribution < -0.4 is 5.32 Å². The summed E-state index contributed by atoms with van der Waals surface area (Å²) in [5, 5.41) is 15.3. The van der Waals surface area contributed by atoms with Crippen molar-refractivity contribution in [3.05, 3.63) is 104 Å². The van der Waals surface area contributed by atoms with E-state index in [1.165, 1.54) is 12.1 Å². The summed E-state index contributed by atoms with van der Waals surface area (Å²) in [4.78, 5) is 42.4. The summed E-state index contributed by atoms with van der Waals surface area (Å²) in [5.74, 6) is 0.475. The van der Waals surface area contributed by atoms with Gasteiger partial charge in [-0.25, -0.2) is 0 Å². The molecule has 3 aromatic rings. The van der Waals surface area contributed by atoms with E-state index in [1.807, 2.05) is 48.5 Å². The lowest BCUT2D eigenvalue weighted by atomic mass is 9.58. The second-order valence-corrected chi connectivity index (χ2v) is 11.2. The predicted octanol–water partition coefficient (Wildman–Crippen LogP) is 4.99. The van der Waals surface area contributed by atoms with Crippen molar-refractivity contribution in [2.24, 2.45) is 5.41 Å². The molecule has 180 valence electrons. The van der Waals surface area contributed by atoms with Crippen molar-refractivity contribution < 1.29 is 14.5 Å². The van der Waals surface area contributed by atoms with Gasteiger partial charge in [-0.15, -0.1) is 11.8 Å². The first-order valence-corrected chi connectivity index (χ1v) is 13.3. The van der Waals surface area contributed by atoms with Gasteiger partial charge in [-0.3, -0.25) is 24.6 Å². The highest BCUT2D eigenvalue weighted by molar-refractivity contribution is 7.99. The number of halogens is 1. The number of carbonyl (C=O) groups excluding carboxylic acids is 2. The van der Waals surface area contributed by atoms with Crippen LogP contribution in [0.15, 0.2) is 66.7 Å². The Kier molecular flexibility index (Phi) is 4.54. The molecule has 4 atom stereocenters. The van der Waals surface area contributed by atoms with Gasteiger partial charge in [0.25, 0.3) is 11.6 Å². The van der Waals surface area contributed by atoms with E-state index in [0.717, 1.165) is 16.9 Å². The number of hydrogen-bond acceptors (Lipinski definition) is 6. The van der Waals surface area contributed by atoms with Crippen LogP contribution >= 0.6 is 23.4 Å². The van der Waals surface area contributed by atoms with Gasteiger partial charge in [0.1, 0.15) is 5.54 Å². The van der Waals surface area contributed by atoms with E-state index in [0.29, 0.717) is 34.1 Å². The Labute approximate surface area is 216 Å². The Morgan fingerprint density at radius 2 is 1.86 bits per heavy atom. The number of nitrogens with one attached hydrogen (secondary N) is 1. The first kappa shape index (κ1) is 22.0. The first-order valence-electron chi connectivity index (χ1n) is 11.7. The highest BCUT2D eigenvalue weighted by Crippen LogP contribution is 2.71. The lowest BCUT2D eigenvalue weighted by molar-refractivity contribution is -0.385. The van der Waals surface area contributed by atoms with E-state index in [1.54, 1.807) is 17.8 Å². The number of rotatable bonds is 2. The van der Waals surface area contributed by atoms with Gasteiger partial charge in [0.2, 0.25) is 0 Å². The summed E-state index contributed by atoms with van der Waals surface area (Å²) >= 11 is 8.49. The van der Waals surface area contributed by atoms with Gasteiger partial charge in [0.15, 0.2) is 5.78 Å². The topological polar surface area (TPSA) is 92.5 Å². The van der Waals surface area contributed by atoms with E-state index >= 15 is 0 Å². The van der Waals surface area contributed by atoms with Crippen LogP contribution in [0.5, 0.6) is 0 Å². The fraction of sp³-hybridized carbons (Fsp3) is 0.259. The first-order chi connectivity index (χ1) is 17.4. The van der Waals surface area contributed by atoms with Crippen LogP contribution in [0.2, 0.25) is 5.02 Å². The second-order valence-electron chi connectivity index (χ2n) is 9.82. The van der Waals surface area contributed by atoms with Crippen molar-refractivity contribution in [1.82, 2.24) is 4.90 Å². The minimum atomic E-state index is -1.40. The molecule has 1 amide bonds. The van der Waals surface area contributed by atoms with Crippen molar-refractivity contribution in [3.8, 4) is 0 Å². The van der Waals surface area contributed by atoms with E-state index in [-0.39, 0.29) is 29.3 Å². The number of nitro groups is 1. The van der Waals surface area contributed by atoms with Crippen LogP contribution in [0.1, 0.15) is 33.0 Å². The number of Topliss-reactive ketones (excluding diaryl/α,β-unsaturated/α-hetero) is 1. The summed E-state index contributed by atoms with van der Waals surface area (Å²) in [6, 6.07) is 19.4. The van der Waals surface area contributed by atoms with E-state index in [2.05, 4.69) is 10.2 Å². The van der Waals surface area contributed by atoms with Crippen LogP contribution in [0, 0.1) is 15.5 Å². The van der Waals surface area contributed by atoms with Crippen LogP contribution in [-0.4, -0.2) is 39.2 Å². The SMILES string of the molecule is O=C1Nc2ccc([N+](=O)[O-])cc2[C@]12N1CSC[C@H]1[C@H](c1ccccc1Cl)[C@]21Cc2ccccc2C1=O. The maximum atomic E-state index is 14.7. The molecule has 2 saturated heterocycles. The molecule has 7 rings (SSSR count). The molecule has 0 radical (unpaired) electrons. The number of nitrogens with zero attached hydrogens (tertiary/aromatic N) is 2. The van der Waals surface area contributed by atoms with Crippen molar-refractivity contribution >= 4 is 46.4 Å².